The number of hydrogen-bond donors (Lipinski definition) is 0. The minimum atomic E-state index is -0.0733. The third-order valence-corrected chi connectivity index (χ3v) is 5.00. The number of rotatable bonds is 4. The Morgan fingerprint density at radius 1 is 1.15 bits per heavy atom. The molecular formula is C23H28N2O2. The van der Waals surface area contributed by atoms with Crippen molar-refractivity contribution in [1.82, 2.24) is 4.90 Å². The molecule has 1 aliphatic heterocycles. The fraction of sp³-hybridized carbons (Fsp3) is 0.391. The summed E-state index contributed by atoms with van der Waals surface area (Å²) in [5.74, 6) is 0.471. The Kier molecular flexibility index (Phi) is 5.64. The lowest BCUT2D eigenvalue weighted by Gasteiger charge is -2.39. The topological polar surface area (TPSA) is 40.6 Å². The van der Waals surface area contributed by atoms with Gasteiger partial charge in [0.05, 0.1) is 0 Å². The van der Waals surface area contributed by atoms with Crippen molar-refractivity contribution in [2.45, 2.75) is 40.2 Å². The van der Waals surface area contributed by atoms with Crippen LogP contribution in [-0.2, 0) is 11.2 Å². The zero-order valence-electron chi connectivity index (χ0n) is 16.6. The Bertz CT molecular complexity index is 827. The van der Waals surface area contributed by atoms with Crippen LogP contribution < -0.4 is 4.90 Å². The Balaban J connectivity index is 1.73. The maximum atomic E-state index is 12.9. The molecule has 1 fully saturated rings. The largest absolute Gasteiger partial charge is 0.325 e. The predicted octanol–water partition coefficient (Wildman–Crippen LogP) is 4.07. The molecule has 1 heterocycles. The summed E-state index contributed by atoms with van der Waals surface area (Å²) in [7, 11) is 0. The van der Waals surface area contributed by atoms with Gasteiger partial charge in [0.25, 0.3) is 5.91 Å². The fourth-order valence-corrected chi connectivity index (χ4v) is 3.59. The predicted molar refractivity (Wildman–Crippen MR) is 109 cm³/mol. The van der Waals surface area contributed by atoms with Gasteiger partial charge in [-0.05, 0) is 61.6 Å². The average molecular weight is 364 g/mol. The number of nitrogens with zero attached hydrogens (tertiary/aromatic N) is 2. The van der Waals surface area contributed by atoms with Gasteiger partial charge in [0.2, 0.25) is 5.91 Å². The van der Waals surface area contributed by atoms with Crippen LogP contribution in [0.4, 0.5) is 5.69 Å². The minimum absolute atomic E-state index is 0.0361. The molecule has 2 aromatic carbocycles. The number of aryl methyl sites for hydroxylation is 1. The summed E-state index contributed by atoms with van der Waals surface area (Å²) in [6.45, 7) is 9.00. The Morgan fingerprint density at radius 2 is 1.85 bits per heavy atom. The second kappa shape index (κ2) is 7.95. The first-order chi connectivity index (χ1) is 12.8. The van der Waals surface area contributed by atoms with Crippen molar-refractivity contribution in [1.29, 1.82) is 0 Å². The maximum absolute atomic E-state index is 12.9. The highest BCUT2D eigenvalue weighted by atomic mass is 16.2. The summed E-state index contributed by atoms with van der Waals surface area (Å²) in [4.78, 5) is 29.1. The lowest BCUT2D eigenvalue weighted by Crippen LogP contribution is -2.57. The molecule has 0 unspecified atom stereocenters. The van der Waals surface area contributed by atoms with Crippen LogP contribution in [0.2, 0.25) is 0 Å². The SMILES string of the molecule is Cc1cccc(N2C[C@H](C)N(C(=O)c3ccc(CC(C)C)cc3)CC2=O)c1. The molecule has 0 spiro atoms. The van der Waals surface area contributed by atoms with Crippen molar-refractivity contribution in [3.05, 3.63) is 65.2 Å². The summed E-state index contributed by atoms with van der Waals surface area (Å²) in [5.41, 5.74) is 3.89. The minimum Gasteiger partial charge on any atom is -0.325 e. The van der Waals surface area contributed by atoms with Crippen molar-refractivity contribution in [2.24, 2.45) is 5.92 Å². The number of hydrogen-bond acceptors (Lipinski definition) is 2. The smallest absolute Gasteiger partial charge is 0.254 e. The first-order valence-electron chi connectivity index (χ1n) is 9.62. The van der Waals surface area contributed by atoms with Gasteiger partial charge in [-0.25, -0.2) is 0 Å². The van der Waals surface area contributed by atoms with E-state index in [4.69, 9.17) is 0 Å². The highest BCUT2D eigenvalue weighted by molar-refractivity contribution is 6.02. The fourth-order valence-electron chi connectivity index (χ4n) is 3.59. The van der Waals surface area contributed by atoms with Crippen LogP contribution in [0.25, 0.3) is 0 Å². The molecule has 0 aliphatic carbocycles. The molecule has 0 bridgehead atoms. The summed E-state index contributed by atoms with van der Waals surface area (Å²) in [6.07, 6.45) is 0.999. The van der Waals surface area contributed by atoms with Crippen molar-refractivity contribution < 1.29 is 9.59 Å². The lowest BCUT2D eigenvalue weighted by molar-refractivity contribution is -0.121. The molecule has 3 rings (SSSR count). The molecular weight excluding hydrogens is 336 g/mol. The van der Waals surface area contributed by atoms with Crippen LogP contribution in [0.1, 0.15) is 42.3 Å². The molecule has 1 saturated heterocycles. The molecule has 2 aromatic rings. The van der Waals surface area contributed by atoms with Crippen LogP contribution in [0.15, 0.2) is 48.5 Å². The highest BCUT2D eigenvalue weighted by Gasteiger charge is 2.33. The van der Waals surface area contributed by atoms with Crippen LogP contribution in [-0.4, -0.2) is 35.8 Å². The van der Waals surface area contributed by atoms with Crippen LogP contribution in [0, 0.1) is 12.8 Å². The monoisotopic (exact) mass is 364 g/mol. The molecule has 0 saturated carbocycles. The molecule has 27 heavy (non-hydrogen) atoms. The standard InChI is InChI=1S/C23H28N2O2/c1-16(2)12-19-8-10-20(11-9-19)23(27)24-15-22(26)25(14-18(24)4)21-7-5-6-17(3)13-21/h5-11,13,16,18H,12,14-15H2,1-4H3/t18-/m0/s1. The van der Waals surface area contributed by atoms with Crippen molar-refractivity contribution in [3.63, 3.8) is 0 Å². The van der Waals surface area contributed by atoms with E-state index in [1.807, 2.05) is 62.4 Å². The van der Waals surface area contributed by atoms with Gasteiger partial charge in [0, 0.05) is 23.8 Å². The van der Waals surface area contributed by atoms with E-state index in [2.05, 4.69) is 13.8 Å². The first-order valence-corrected chi connectivity index (χ1v) is 9.62. The van der Waals surface area contributed by atoms with E-state index in [0.717, 1.165) is 17.7 Å². The first kappa shape index (κ1) is 19.2. The summed E-state index contributed by atoms with van der Waals surface area (Å²) in [5, 5.41) is 0. The quantitative estimate of drug-likeness (QED) is 0.820. The van der Waals surface area contributed by atoms with Gasteiger partial charge in [-0.2, -0.15) is 0 Å². The van der Waals surface area contributed by atoms with Gasteiger partial charge in [0.1, 0.15) is 6.54 Å². The van der Waals surface area contributed by atoms with E-state index >= 15 is 0 Å². The third-order valence-electron chi connectivity index (χ3n) is 5.00. The van der Waals surface area contributed by atoms with Crippen LogP contribution in [0.3, 0.4) is 0 Å². The third kappa shape index (κ3) is 4.38. The van der Waals surface area contributed by atoms with Gasteiger partial charge in [0.15, 0.2) is 0 Å². The van der Waals surface area contributed by atoms with Gasteiger partial charge < -0.3 is 9.80 Å². The number of carbonyl (C=O) groups excluding carboxylic acids is 2. The average Bonchev–Trinajstić information content (AvgIpc) is 2.63. The van der Waals surface area contributed by atoms with Gasteiger partial charge in [-0.1, -0.05) is 38.1 Å². The van der Waals surface area contributed by atoms with Gasteiger partial charge in [-0.15, -0.1) is 0 Å². The van der Waals surface area contributed by atoms with Crippen molar-refractivity contribution in [2.75, 3.05) is 18.0 Å². The van der Waals surface area contributed by atoms with E-state index in [1.54, 1.807) is 9.80 Å². The molecule has 4 nitrogen and oxygen atoms in total. The zero-order valence-corrected chi connectivity index (χ0v) is 16.6. The Morgan fingerprint density at radius 3 is 2.48 bits per heavy atom. The number of piperazine rings is 1. The molecule has 0 aromatic heterocycles. The summed E-state index contributed by atoms with van der Waals surface area (Å²) in [6, 6.07) is 15.7. The number of amides is 2. The Labute approximate surface area is 161 Å². The second-order valence-corrected chi connectivity index (χ2v) is 7.92. The highest BCUT2D eigenvalue weighted by Crippen LogP contribution is 2.22. The van der Waals surface area contributed by atoms with Crippen molar-refractivity contribution >= 4 is 17.5 Å². The zero-order chi connectivity index (χ0) is 19.6. The molecule has 1 atom stereocenters. The van der Waals surface area contributed by atoms with E-state index in [1.165, 1.54) is 5.56 Å². The number of anilines is 1. The summed E-state index contributed by atoms with van der Waals surface area (Å²) < 4.78 is 0. The normalized spacial score (nSPS) is 17.5. The Hall–Kier alpha value is -2.62. The maximum Gasteiger partial charge on any atom is 0.254 e. The van der Waals surface area contributed by atoms with Crippen LogP contribution in [0.5, 0.6) is 0 Å². The molecule has 2 amide bonds. The number of carbonyl (C=O) groups is 2. The molecule has 0 radical (unpaired) electrons. The van der Waals surface area contributed by atoms with Crippen LogP contribution >= 0.6 is 0 Å². The molecule has 4 heteroatoms. The van der Waals surface area contributed by atoms with E-state index in [-0.39, 0.29) is 24.4 Å². The van der Waals surface area contributed by atoms with E-state index in [0.29, 0.717) is 18.0 Å². The van der Waals surface area contributed by atoms with E-state index < -0.39 is 0 Å². The molecule has 1 aliphatic rings. The second-order valence-electron chi connectivity index (χ2n) is 7.92. The lowest BCUT2D eigenvalue weighted by atomic mass is 10.0. The van der Waals surface area contributed by atoms with Gasteiger partial charge >= 0.3 is 0 Å². The van der Waals surface area contributed by atoms with Crippen molar-refractivity contribution in [3.8, 4) is 0 Å². The van der Waals surface area contributed by atoms with Gasteiger partial charge in [-0.3, -0.25) is 9.59 Å². The number of benzene rings is 2. The molecule has 0 N–H and O–H groups in total. The van der Waals surface area contributed by atoms with E-state index in [9.17, 15) is 9.59 Å². The molecule has 142 valence electrons. The summed E-state index contributed by atoms with van der Waals surface area (Å²) >= 11 is 0.